The quantitative estimate of drug-likeness (QED) is 0.634. The highest BCUT2D eigenvalue weighted by Gasteiger charge is 2.55. The molecule has 5 atom stereocenters. The van der Waals surface area contributed by atoms with Crippen molar-refractivity contribution in [1.29, 1.82) is 0 Å². The maximum atomic E-state index is 11.5. The van der Waals surface area contributed by atoms with Gasteiger partial charge in [0.05, 0.1) is 12.5 Å². The molecule has 0 aromatic rings. The van der Waals surface area contributed by atoms with Gasteiger partial charge in [0.15, 0.2) is 11.9 Å². The summed E-state index contributed by atoms with van der Waals surface area (Å²) in [5.74, 6) is -1.67. The van der Waals surface area contributed by atoms with E-state index in [1.54, 1.807) is 20.8 Å². The van der Waals surface area contributed by atoms with E-state index in [2.05, 4.69) is 0 Å². The Morgan fingerprint density at radius 1 is 1.35 bits per heavy atom. The molecule has 0 radical (unpaired) electrons. The summed E-state index contributed by atoms with van der Waals surface area (Å²) in [4.78, 5) is 11.5. The van der Waals surface area contributed by atoms with Gasteiger partial charge in [-0.25, -0.2) is 0 Å². The van der Waals surface area contributed by atoms with Crippen LogP contribution in [-0.2, 0) is 19.0 Å². The summed E-state index contributed by atoms with van der Waals surface area (Å²) < 4.78 is 16.3. The van der Waals surface area contributed by atoms with Crippen LogP contribution in [0.2, 0.25) is 0 Å². The van der Waals surface area contributed by atoms with Crippen LogP contribution in [0.25, 0.3) is 0 Å². The van der Waals surface area contributed by atoms with E-state index >= 15 is 0 Å². The van der Waals surface area contributed by atoms with E-state index in [4.69, 9.17) is 19.3 Å². The average Bonchev–Trinajstić information content (AvgIpc) is 2.53. The molecule has 1 unspecified atom stereocenters. The van der Waals surface area contributed by atoms with Crippen molar-refractivity contribution in [2.75, 3.05) is 6.61 Å². The molecule has 2 heterocycles. The van der Waals surface area contributed by atoms with E-state index in [0.29, 0.717) is 0 Å². The summed E-state index contributed by atoms with van der Waals surface area (Å²) >= 11 is 0. The van der Waals surface area contributed by atoms with Crippen molar-refractivity contribution in [2.45, 2.75) is 51.0 Å². The van der Waals surface area contributed by atoms with Crippen LogP contribution >= 0.6 is 0 Å². The van der Waals surface area contributed by atoms with E-state index < -0.39 is 42.7 Å². The molecule has 2 N–H and O–H groups in total. The number of aliphatic hydroxyl groups is 2. The second-order valence-corrected chi connectivity index (χ2v) is 5.00. The molecule has 0 amide bonds. The van der Waals surface area contributed by atoms with Gasteiger partial charge in [-0.3, -0.25) is 4.79 Å². The molecule has 2 fully saturated rings. The first-order valence-corrected chi connectivity index (χ1v) is 5.71. The summed E-state index contributed by atoms with van der Waals surface area (Å²) in [6, 6.07) is 0. The Labute approximate surface area is 99.5 Å². The lowest BCUT2D eigenvalue weighted by molar-refractivity contribution is -0.338. The topological polar surface area (TPSA) is 85.2 Å². The Morgan fingerprint density at radius 3 is 2.59 bits per heavy atom. The molecule has 0 aromatic carbocycles. The summed E-state index contributed by atoms with van der Waals surface area (Å²) in [7, 11) is 0. The van der Waals surface area contributed by atoms with Crippen LogP contribution in [0.1, 0.15) is 20.8 Å². The van der Waals surface area contributed by atoms with Crippen LogP contribution in [0.4, 0.5) is 0 Å². The predicted molar refractivity (Wildman–Crippen MR) is 56.0 cm³/mol. The minimum absolute atomic E-state index is 0.364. The molecule has 2 rings (SSSR count). The van der Waals surface area contributed by atoms with Crippen molar-refractivity contribution in [3.8, 4) is 0 Å². The van der Waals surface area contributed by atoms with Gasteiger partial charge in [-0.1, -0.05) is 0 Å². The van der Waals surface area contributed by atoms with Gasteiger partial charge >= 0.3 is 5.97 Å². The van der Waals surface area contributed by atoms with Gasteiger partial charge in [-0.05, 0) is 20.8 Å². The molecule has 2 aliphatic heterocycles. The fourth-order valence-electron chi connectivity index (χ4n) is 2.30. The Kier molecular flexibility index (Phi) is 3.15. The van der Waals surface area contributed by atoms with E-state index in [1.165, 1.54) is 0 Å². The molecule has 0 saturated carbocycles. The van der Waals surface area contributed by atoms with E-state index in [9.17, 15) is 9.90 Å². The van der Waals surface area contributed by atoms with Crippen molar-refractivity contribution in [1.82, 2.24) is 0 Å². The minimum Gasteiger partial charge on any atom is -0.456 e. The molecule has 2 aliphatic rings. The first-order chi connectivity index (χ1) is 7.85. The highest BCUT2D eigenvalue weighted by molar-refractivity contribution is 5.75. The van der Waals surface area contributed by atoms with Crippen LogP contribution < -0.4 is 0 Å². The highest BCUT2D eigenvalue weighted by Crippen LogP contribution is 2.38. The number of carbonyl (C=O) groups is 1. The standard InChI is InChI=1S/C11H18O6/c1-5-7-9(15-10(5)14)8(6(13)4-12)17-11(2,3)16-7/h5-9,12-13H,4H2,1-3H3/t5-,6?,7+,8-,9-/m1/s1. The molecule has 0 aliphatic carbocycles. The Morgan fingerprint density at radius 2 is 2.00 bits per heavy atom. The normalized spacial score (nSPS) is 41.8. The Balaban J connectivity index is 2.24. The van der Waals surface area contributed by atoms with E-state index in [-0.39, 0.29) is 5.97 Å². The molecule has 17 heavy (non-hydrogen) atoms. The van der Waals surface area contributed by atoms with Gasteiger partial charge in [0.25, 0.3) is 0 Å². The summed E-state index contributed by atoms with van der Waals surface area (Å²) in [5.41, 5.74) is 0. The van der Waals surface area contributed by atoms with Crippen molar-refractivity contribution in [3.63, 3.8) is 0 Å². The van der Waals surface area contributed by atoms with Gasteiger partial charge < -0.3 is 24.4 Å². The molecule has 6 heteroatoms. The number of esters is 1. The number of carbonyl (C=O) groups excluding carboxylic acids is 1. The average molecular weight is 246 g/mol. The Bertz CT molecular complexity index is 315. The monoisotopic (exact) mass is 246 g/mol. The van der Waals surface area contributed by atoms with Gasteiger partial charge in [0.1, 0.15) is 18.3 Å². The van der Waals surface area contributed by atoms with Crippen LogP contribution in [0.5, 0.6) is 0 Å². The number of rotatable bonds is 2. The summed E-state index contributed by atoms with van der Waals surface area (Å²) in [6.07, 6.45) is -2.96. The Hall–Kier alpha value is -0.690. The fourth-order valence-corrected chi connectivity index (χ4v) is 2.30. The molecular formula is C11H18O6. The number of fused-ring (bicyclic) bond motifs is 1. The molecular weight excluding hydrogens is 228 g/mol. The largest absolute Gasteiger partial charge is 0.456 e. The van der Waals surface area contributed by atoms with Gasteiger partial charge in [-0.15, -0.1) is 0 Å². The van der Waals surface area contributed by atoms with Gasteiger partial charge in [-0.2, -0.15) is 0 Å². The second kappa shape index (κ2) is 4.20. The van der Waals surface area contributed by atoms with Crippen molar-refractivity contribution in [2.24, 2.45) is 5.92 Å². The zero-order chi connectivity index (χ0) is 12.8. The maximum absolute atomic E-state index is 11.5. The number of ether oxygens (including phenoxy) is 3. The number of hydrogen-bond donors (Lipinski definition) is 2. The third-order valence-corrected chi connectivity index (χ3v) is 3.17. The van der Waals surface area contributed by atoms with Gasteiger partial charge in [0.2, 0.25) is 0 Å². The first-order valence-electron chi connectivity index (χ1n) is 5.71. The molecule has 6 nitrogen and oxygen atoms in total. The lowest BCUT2D eigenvalue weighted by Crippen LogP contribution is -2.58. The SMILES string of the molecule is C[C@H]1C(=O)O[C@@H]2[C@H]1OC(C)(C)O[C@@H]2C(O)CO. The molecule has 0 aromatic heterocycles. The van der Waals surface area contributed by atoms with Gasteiger partial charge in [0, 0.05) is 0 Å². The van der Waals surface area contributed by atoms with E-state index in [0.717, 1.165) is 0 Å². The van der Waals surface area contributed by atoms with Crippen molar-refractivity contribution < 1.29 is 29.2 Å². The first kappa shape index (κ1) is 12.8. The summed E-state index contributed by atoms with van der Waals surface area (Å²) in [5, 5.41) is 18.7. The molecule has 2 saturated heterocycles. The van der Waals surface area contributed by atoms with Crippen molar-refractivity contribution >= 4 is 5.97 Å². The minimum atomic E-state index is -1.09. The zero-order valence-electron chi connectivity index (χ0n) is 10.1. The molecule has 0 bridgehead atoms. The third kappa shape index (κ3) is 2.18. The van der Waals surface area contributed by atoms with Crippen LogP contribution in [0, 0.1) is 5.92 Å². The third-order valence-electron chi connectivity index (χ3n) is 3.17. The van der Waals surface area contributed by atoms with E-state index in [1.807, 2.05) is 0 Å². The number of hydrogen-bond acceptors (Lipinski definition) is 6. The fraction of sp³-hybridized carbons (Fsp3) is 0.909. The lowest BCUT2D eigenvalue weighted by Gasteiger charge is -2.43. The zero-order valence-corrected chi connectivity index (χ0v) is 10.1. The lowest BCUT2D eigenvalue weighted by atomic mass is 9.95. The highest BCUT2D eigenvalue weighted by atomic mass is 16.7. The molecule has 0 spiro atoms. The number of aliphatic hydroxyl groups excluding tert-OH is 2. The van der Waals surface area contributed by atoms with Crippen molar-refractivity contribution in [3.05, 3.63) is 0 Å². The van der Waals surface area contributed by atoms with Crippen LogP contribution in [0.3, 0.4) is 0 Å². The van der Waals surface area contributed by atoms with Crippen LogP contribution in [-0.4, -0.2) is 53.0 Å². The summed E-state index contributed by atoms with van der Waals surface area (Å²) in [6.45, 7) is 4.68. The smallest absolute Gasteiger partial charge is 0.311 e. The molecule has 98 valence electrons. The maximum Gasteiger partial charge on any atom is 0.311 e. The second-order valence-electron chi connectivity index (χ2n) is 5.00. The van der Waals surface area contributed by atoms with Crippen LogP contribution in [0.15, 0.2) is 0 Å². The predicted octanol–water partition coefficient (Wildman–Crippen LogP) is -0.579.